The molecule has 23 heavy (non-hydrogen) atoms. The molecule has 6 heteroatoms. The van der Waals surface area contributed by atoms with Crippen LogP contribution in [0.15, 0.2) is 54.6 Å². The maximum absolute atomic E-state index is 12.1. The van der Waals surface area contributed by atoms with Gasteiger partial charge in [0, 0.05) is 11.8 Å². The fraction of sp³-hybridized carbons (Fsp3) is 0.118. The van der Waals surface area contributed by atoms with Gasteiger partial charge in [-0.1, -0.05) is 18.7 Å². The molecule has 0 aliphatic carbocycles. The van der Waals surface area contributed by atoms with Crippen LogP contribution in [-0.2, 0) is 0 Å². The first-order valence-corrected chi connectivity index (χ1v) is 6.84. The highest BCUT2D eigenvalue weighted by Gasteiger charge is 2.11. The number of carbonyl (C=O) groups excluding carboxylic acids is 1. The van der Waals surface area contributed by atoms with Crippen molar-refractivity contribution in [3.63, 3.8) is 0 Å². The number of hydrogen-bond donors (Lipinski definition) is 2. The summed E-state index contributed by atoms with van der Waals surface area (Å²) in [6.45, 7) is 5.99. The van der Waals surface area contributed by atoms with Crippen molar-refractivity contribution in [1.29, 1.82) is 0 Å². The van der Waals surface area contributed by atoms with Crippen molar-refractivity contribution < 1.29 is 19.4 Å². The van der Waals surface area contributed by atoms with E-state index in [4.69, 9.17) is 9.84 Å². The van der Waals surface area contributed by atoms with Gasteiger partial charge in [0.15, 0.2) is 0 Å². The van der Waals surface area contributed by atoms with E-state index in [1.165, 1.54) is 18.2 Å². The topological polar surface area (TPSA) is 88.5 Å². The molecule has 0 radical (unpaired) electrons. The number of carbonyl (C=O) groups is 2. The molecule has 0 unspecified atom stereocenters. The Balaban J connectivity index is 2.11. The molecule has 118 valence electrons. The molecule has 2 aromatic rings. The van der Waals surface area contributed by atoms with Gasteiger partial charge in [0.2, 0.25) is 0 Å². The summed E-state index contributed by atoms with van der Waals surface area (Å²) in [4.78, 5) is 26.8. The van der Waals surface area contributed by atoms with E-state index in [1.54, 1.807) is 24.3 Å². The fourth-order valence-electron chi connectivity index (χ4n) is 1.75. The lowest BCUT2D eigenvalue weighted by Crippen LogP contribution is -2.15. The normalized spacial score (nSPS) is 9.96. The molecule has 0 spiro atoms. The standard InChI is InChI=1S/C17H16N2O4/c1-11(2)10-23-13-6-3-5-12(9-13)18-16(20)14-7-4-8-15(19-14)17(21)22/h3-9H,1,10H2,2H3,(H,18,20)(H,21,22). The summed E-state index contributed by atoms with van der Waals surface area (Å²) >= 11 is 0. The van der Waals surface area contributed by atoms with E-state index in [-0.39, 0.29) is 11.4 Å². The summed E-state index contributed by atoms with van der Waals surface area (Å²) in [5.41, 5.74) is 1.25. The summed E-state index contributed by atoms with van der Waals surface area (Å²) in [6, 6.07) is 11.1. The van der Waals surface area contributed by atoms with Crippen LogP contribution in [-0.4, -0.2) is 28.6 Å². The molecule has 2 rings (SSSR count). The second kappa shape index (κ2) is 7.22. The highest BCUT2D eigenvalue weighted by atomic mass is 16.5. The van der Waals surface area contributed by atoms with Gasteiger partial charge in [-0.15, -0.1) is 0 Å². The molecule has 0 saturated carbocycles. The number of pyridine rings is 1. The average molecular weight is 312 g/mol. The molecule has 2 N–H and O–H groups in total. The Kier molecular flexibility index (Phi) is 5.09. The van der Waals surface area contributed by atoms with Crippen LogP contribution >= 0.6 is 0 Å². The number of nitrogens with zero attached hydrogens (tertiary/aromatic N) is 1. The Morgan fingerprint density at radius 3 is 2.61 bits per heavy atom. The minimum absolute atomic E-state index is 0.0261. The number of ether oxygens (including phenoxy) is 1. The van der Waals surface area contributed by atoms with Crippen LogP contribution in [0.2, 0.25) is 0 Å². The van der Waals surface area contributed by atoms with Gasteiger partial charge in [-0.05, 0) is 36.8 Å². The number of aromatic nitrogens is 1. The molecule has 0 bridgehead atoms. The second-order valence-electron chi connectivity index (χ2n) is 4.94. The number of amides is 1. The minimum Gasteiger partial charge on any atom is -0.489 e. The van der Waals surface area contributed by atoms with Crippen LogP contribution < -0.4 is 10.1 Å². The minimum atomic E-state index is -1.19. The molecule has 6 nitrogen and oxygen atoms in total. The Bertz CT molecular complexity index is 756. The van der Waals surface area contributed by atoms with Gasteiger partial charge in [-0.2, -0.15) is 0 Å². The molecular formula is C17H16N2O4. The highest BCUT2D eigenvalue weighted by Crippen LogP contribution is 2.18. The lowest BCUT2D eigenvalue weighted by atomic mass is 10.2. The molecule has 0 fully saturated rings. The number of nitrogens with one attached hydrogen (secondary N) is 1. The number of carboxylic acid groups (broad SMARTS) is 1. The third-order valence-corrected chi connectivity index (χ3v) is 2.78. The van der Waals surface area contributed by atoms with Gasteiger partial charge in [0.05, 0.1) is 0 Å². The van der Waals surface area contributed by atoms with Gasteiger partial charge in [-0.3, -0.25) is 4.79 Å². The van der Waals surface area contributed by atoms with Gasteiger partial charge in [0.25, 0.3) is 5.91 Å². The molecule has 1 aromatic carbocycles. The first-order valence-electron chi connectivity index (χ1n) is 6.84. The van der Waals surface area contributed by atoms with E-state index in [1.807, 2.05) is 6.92 Å². The predicted molar refractivity (Wildman–Crippen MR) is 85.9 cm³/mol. The van der Waals surface area contributed by atoms with Crippen LogP contribution in [0.3, 0.4) is 0 Å². The monoisotopic (exact) mass is 312 g/mol. The largest absolute Gasteiger partial charge is 0.489 e. The van der Waals surface area contributed by atoms with Crippen LogP contribution in [0.5, 0.6) is 5.75 Å². The van der Waals surface area contributed by atoms with Crippen molar-refractivity contribution >= 4 is 17.6 Å². The lowest BCUT2D eigenvalue weighted by Gasteiger charge is -2.09. The van der Waals surface area contributed by atoms with Crippen molar-refractivity contribution in [2.24, 2.45) is 0 Å². The first-order chi connectivity index (χ1) is 11.0. The van der Waals surface area contributed by atoms with Crippen molar-refractivity contribution in [2.45, 2.75) is 6.92 Å². The number of benzene rings is 1. The molecule has 1 heterocycles. The maximum atomic E-state index is 12.1. The molecule has 0 atom stereocenters. The van der Waals surface area contributed by atoms with Gasteiger partial charge in [-0.25, -0.2) is 9.78 Å². The van der Waals surface area contributed by atoms with E-state index >= 15 is 0 Å². The summed E-state index contributed by atoms with van der Waals surface area (Å²) in [7, 11) is 0. The smallest absolute Gasteiger partial charge is 0.354 e. The van der Waals surface area contributed by atoms with Crippen molar-refractivity contribution in [1.82, 2.24) is 4.98 Å². The van der Waals surface area contributed by atoms with E-state index < -0.39 is 11.9 Å². The van der Waals surface area contributed by atoms with Crippen LogP contribution in [0.25, 0.3) is 0 Å². The number of hydrogen-bond acceptors (Lipinski definition) is 4. The van der Waals surface area contributed by atoms with E-state index in [9.17, 15) is 9.59 Å². The van der Waals surface area contributed by atoms with E-state index in [0.717, 1.165) is 5.57 Å². The highest BCUT2D eigenvalue weighted by molar-refractivity contribution is 6.03. The molecule has 0 saturated heterocycles. The van der Waals surface area contributed by atoms with Crippen molar-refractivity contribution in [3.05, 3.63) is 66.0 Å². The fourth-order valence-corrected chi connectivity index (χ4v) is 1.75. The molecule has 1 aromatic heterocycles. The zero-order chi connectivity index (χ0) is 16.8. The number of aromatic carboxylic acids is 1. The SMILES string of the molecule is C=C(C)COc1cccc(NC(=O)c2cccc(C(=O)O)n2)c1. The zero-order valence-corrected chi connectivity index (χ0v) is 12.6. The van der Waals surface area contributed by atoms with Crippen LogP contribution in [0.1, 0.15) is 27.9 Å². The summed E-state index contributed by atoms with van der Waals surface area (Å²) < 4.78 is 5.50. The van der Waals surface area contributed by atoms with Gasteiger partial charge in [0.1, 0.15) is 23.7 Å². The Hall–Kier alpha value is -3.15. The zero-order valence-electron chi connectivity index (χ0n) is 12.6. The van der Waals surface area contributed by atoms with Crippen LogP contribution in [0.4, 0.5) is 5.69 Å². The Morgan fingerprint density at radius 1 is 1.22 bits per heavy atom. The van der Waals surface area contributed by atoms with Crippen molar-refractivity contribution in [2.75, 3.05) is 11.9 Å². The summed E-state index contributed by atoms with van der Waals surface area (Å²) in [6.07, 6.45) is 0. The van der Waals surface area contributed by atoms with E-state index in [2.05, 4.69) is 16.9 Å². The first kappa shape index (κ1) is 16.2. The predicted octanol–water partition coefficient (Wildman–Crippen LogP) is 2.99. The van der Waals surface area contributed by atoms with Crippen LogP contribution in [0, 0.1) is 0 Å². The quantitative estimate of drug-likeness (QED) is 0.800. The maximum Gasteiger partial charge on any atom is 0.354 e. The lowest BCUT2D eigenvalue weighted by molar-refractivity contribution is 0.0690. The number of rotatable bonds is 6. The van der Waals surface area contributed by atoms with Crippen molar-refractivity contribution in [3.8, 4) is 5.75 Å². The molecular weight excluding hydrogens is 296 g/mol. The third kappa shape index (κ3) is 4.67. The van der Waals surface area contributed by atoms with Gasteiger partial charge < -0.3 is 15.2 Å². The van der Waals surface area contributed by atoms with E-state index in [0.29, 0.717) is 18.0 Å². The average Bonchev–Trinajstić information content (AvgIpc) is 2.53. The van der Waals surface area contributed by atoms with Gasteiger partial charge >= 0.3 is 5.97 Å². The second-order valence-corrected chi connectivity index (χ2v) is 4.94. The Labute approximate surface area is 133 Å². The summed E-state index contributed by atoms with van der Waals surface area (Å²) in [5.74, 6) is -1.09. The third-order valence-electron chi connectivity index (χ3n) is 2.78. The Morgan fingerprint density at radius 2 is 1.91 bits per heavy atom. The summed E-state index contributed by atoms with van der Waals surface area (Å²) in [5, 5.41) is 11.6. The molecule has 0 aliphatic rings. The number of carboxylic acids is 1. The number of anilines is 1. The molecule has 0 aliphatic heterocycles. The molecule has 1 amide bonds.